The van der Waals surface area contributed by atoms with Gasteiger partial charge in [-0.15, -0.1) is 0 Å². The molecule has 2 amide bonds. The Balaban J connectivity index is 1.20. The van der Waals surface area contributed by atoms with Crippen molar-refractivity contribution in [1.29, 1.82) is 0 Å². The van der Waals surface area contributed by atoms with Crippen molar-refractivity contribution < 1.29 is 27.5 Å². The summed E-state index contributed by atoms with van der Waals surface area (Å²) in [5.74, 6) is -2.68. The van der Waals surface area contributed by atoms with Crippen LogP contribution in [-0.2, 0) is 26.5 Å². The van der Waals surface area contributed by atoms with Crippen molar-refractivity contribution in [2.45, 2.75) is 57.3 Å². The molecule has 2 aromatic carbocycles. The molecular weight excluding hydrogens is 495 g/mol. The number of carbonyl (C=O) groups excluding carboxylic acids is 2. The summed E-state index contributed by atoms with van der Waals surface area (Å²) in [6.07, 6.45) is 3.29. The highest BCUT2D eigenvalue weighted by Gasteiger charge is 2.43. The summed E-state index contributed by atoms with van der Waals surface area (Å²) in [4.78, 5) is 31.7. The van der Waals surface area contributed by atoms with Crippen LogP contribution in [0.3, 0.4) is 0 Å². The van der Waals surface area contributed by atoms with E-state index in [1.165, 1.54) is 17.0 Å². The van der Waals surface area contributed by atoms with Crippen molar-refractivity contribution in [2.24, 2.45) is 0 Å². The molecule has 0 aliphatic carbocycles. The van der Waals surface area contributed by atoms with E-state index in [-0.39, 0.29) is 23.2 Å². The Labute approximate surface area is 221 Å². The van der Waals surface area contributed by atoms with Crippen molar-refractivity contribution in [3.8, 4) is 0 Å². The predicted octanol–water partition coefficient (Wildman–Crippen LogP) is 4.53. The van der Waals surface area contributed by atoms with Crippen LogP contribution in [0.15, 0.2) is 36.4 Å². The second kappa shape index (κ2) is 11.1. The molecule has 3 heterocycles. The minimum Gasteiger partial charge on any atom is -0.365 e. The number of fused-ring (bicyclic) bond motifs is 2. The number of hydrogen-bond donors (Lipinski definition) is 0. The van der Waals surface area contributed by atoms with Crippen LogP contribution < -0.4 is 0 Å². The molecule has 0 saturated carbocycles. The third kappa shape index (κ3) is 5.18. The van der Waals surface area contributed by atoms with E-state index in [1.54, 1.807) is 11.0 Å². The molecule has 0 aromatic heterocycles. The lowest BCUT2D eigenvalue weighted by Gasteiger charge is -2.39. The molecule has 1 unspecified atom stereocenters. The van der Waals surface area contributed by atoms with Crippen LogP contribution >= 0.6 is 0 Å². The van der Waals surface area contributed by atoms with E-state index in [4.69, 9.17) is 4.74 Å². The zero-order chi connectivity index (χ0) is 26.9. The number of piperidine rings is 1. The lowest BCUT2D eigenvalue weighted by Crippen LogP contribution is -2.45. The summed E-state index contributed by atoms with van der Waals surface area (Å²) in [6.45, 7) is 6.16. The van der Waals surface area contributed by atoms with Gasteiger partial charge in [-0.2, -0.15) is 0 Å². The Hall–Kier alpha value is -2.91. The summed E-state index contributed by atoms with van der Waals surface area (Å²) >= 11 is 0. The number of nitrogens with zero attached hydrogens (tertiary/aromatic N) is 3. The Morgan fingerprint density at radius 1 is 1.08 bits per heavy atom. The molecule has 2 aromatic rings. The van der Waals surface area contributed by atoms with Gasteiger partial charge in [0.2, 0.25) is 11.8 Å². The predicted molar refractivity (Wildman–Crippen MR) is 135 cm³/mol. The molecule has 38 heavy (non-hydrogen) atoms. The number of likely N-dealkylation sites (tertiary alicyclic amines) is 2. The Morgan fingerprint density at radius 2 is 1.87 bits per heavy atom. The molecule has 6 nitrogen and oxygen atoms in total. The fourth-order valence-corrected chi connectivity index (χ4v) is 6.11. The van der Waals surface area contributed by atoms with E-state index in [1.807, 2.05) is 13.0 Å². The molecule has 3 aliphatic heterocycles. The summed E-state index contributed by atoms with van der Waals surface area (Å²) in [5, 5.41) is 0. The second-order valence-corrected chi connectivity index (χ2v) is 10.5. The Kier molecular flexibility index (Phi) is 7.77. The van der Waals surface area contributed by atoms with Crippen LogP contribution in [-0.4, -0.2) is 65.8 Å². The minimum absolute atomic E-state index is 0.151. The quantitative estimate of drug-likeness (QED) is 0.505. The number of ether oxygens (including phenoxy) is 1. The molecule has 1 atom stereocenters. The van der Waals surface area contributed by atoms with Crippen molar-refractivity contribution in [1.82, 2.24) is 14.7 Å². The van der Waals surface area contributed by atoms with E-state index >= 15 is 0 Å². The van der Waals surface area contributed by atoms with E-state index in [9.17, 15) is 22.8 Å². The highest BCUT2D eigenvalue weighted by atomic mass is 19.2. The lowest BCUT2D eigenvalue weighted by molar-refractivity contribution is -0.144. The first-order valence-corrected chi connectivity index (χ1v) is 13.5. The molecule has 2 fully saturated rings. The summed E-state index contributed by atoms with van der Waals surface area (Å²) < 4.78 is 47.7. The third-order valence-electron chi connectivity index (χ3n) is 8.24. The summed E-state index contributed by atoms with van der Waals surface area (Å²) in [7, 11) is 0. The number of likely N-dealkylation sites (N-methyl/N-ethyl adjacent to an activating group) is 1. The fraction of sp³-hybridized carbons (Fsp3) is 0.517. The van der Waals surface area contributed by atoms with E-state index in [2.05, 4.69) is 4.90 Å². The maximum absolute atomic E-state index is 14.1. The average molecular weight is 530 g/mol. The lowest BCUT2D eigenvalue weighted by atomic mass is 9.83. The number of halogens is 3. The van der Waals surface area contributed by atoms with Crippen molar-refractivity contribution >= 4 is 11.8 Å². The molecule has 2 saturated heterocycles. The second-order valence-electron chi connectivity index (χ2n) is 10.5. The Morgan fingerprint density at radius 3 is 2.55 bits per heavy atom. The van der Waals surface area contributed by atoms with Gasteiger partial charge in [0.1, 0.15) is 11.9 Å². The topological polar surface area (TPSA) is 53.1 Å². The van der Waals surface area contributed by atoms with Gasteiger partial charge < -0.3 is 19.4 Å². The zero-order valence-corrected chi connectivity index (χ0v) is 21.7. The van der Waals surface area contributed by atoms with Crippen LogP contribution in [0.2, 0.25) is 0 Å². The van der Waals surface area contributed by atoms with Gasteiger partial charge in [0.15, 0.2) is 11.6 Å². The van der Waals surface area contributed by atoms with Gasteiger partial charge in [0.05, 0.1) is 12.2 Å². The van der Waals surface area contributed by atoms with E-state index in [0.717, 1.165) is 62.2 Å². The molecule has 0 N–H and O–H groups in total. The molecule has 9 heteroatoms. The molecular formula is C29H34F3N3O3. The first kappa shape index (κ1) is 26.7. The minimum atomic E-state index is -1.03. The first-order valence-electron chi connectivity index (χ1n) is 13.5. The maximum Gasteiger partial charge on any atom is 0.250 e. The van der Waals surface area contributed by atoms with Gasteiger partial charge in [0, 0.05) is 39.1 Å². The summed E-state index contributed by atoms with van der Waals surface area (Å²) in [5.41, 5.74) is 1.90. The maximum atomic E-state index is 14.1. The van der Waals surface area contributed by atoms with Gasteiger partial charge in [0.25, 0.3) is 0 Å². The Bertz CT molecular complexity index is 1200. The highest BCUT2D eigenvalue weighted by Crippen LogP contribution is 2.44. The molecule has 5 rings (SSSR count). The van der Waals surface area contributed by atoms with Crippen LogP contribution in [0.25, 0.3) is 0 Å². The molecule has 1 spiro atoms. The summed E-state index contributed by atoms with van der Waals surface area (Å²) in [6, 6.07) is 7.35. The smallest absolute Gasteiger partial charge is 0.250 e. The van der Waals surface area contributed by atoms with Crippen molar-refractivity contribution in [3.63, 3.8) is 0 Å². The normalized spacial score (nSPS) is 19.7. The largest absolute Gasteiger partial charge is 0.365 e. The van der Waals surface area contributed by atoms with E-state index < -0.39 is 23.3 Å². The van der Waals surface area contributed by atoms with Crippen molar-refractivity contribution in [3.05, 3.63) is 70.5 Å². The van der Waals surface area contributed by atoms with Gasteiger partial charge in [-0.3, -0.25) is 9.59 Å². The number of amides is 2. The van der Waals surface area contributed by atoms with Crippen LogP contribution in [0.5, 0.6) is 0 Å². The standard InChI is InChI=1S/C29H34F3N3O3/c1-2-34(28(37)27(35-14-3-5-26(35)36)20-7-9-24(31)25(32)17-20)13-4-12-33-15-10-29(11-16-33)23-18-22(30)8-6-21(23)19-38-29/h6-9,17-18,27H,2-5,10-16,19H2,1H3. The molecule has 204 valence electrons. The number of hydrogen-bond acceptors (Lipinski definition) is 4. The highest BCUT2D eigenvalue weighted by molar-refractivity contribution is 5.89. The molecule has 0 bridgehead atoms. The van der Waals surface area contributed by atoms with Crippen LogP contribution in [0.1, 0.15) is 61.8 Å². The van der Waals surface area contributed by atoms with Gasteiger partial charge in [-0.25, -0.2) is 13.2 Å². The van der Waals surface area contributed by atoms with Crippen LogP contribution in [0, 0.1) is 17.5 Å². The first-order chi connectivity index (χ1) is 18.3. The monoisotopic (exact) mass is 529 g/mol. The molecule has 3 aliphatic rings. The SMILES string of the molecule is CCN(CCCN1CCC2(CC1)OCc1ccc(F)cc12)C(=O)C(c1ccc(F)c(F)c1)N1CCCC1=O. The van der Waals surface area contributed by atoms with Gasteiger partial charge in [-0.1, -0.05) is 12.1 Å². The van der Waals surface area contributed by atoms with Crippen LogP contribution in [0.4, 0.5) is 13.2 Å². The van der Waals surface area contributed by atoms with Gasteiger partial charge in [-0.05, 0) is 80.1 Å². The van der Waals surface area contributed by atoms with Crippen molar-refractivity contribution in [2.75, 3.05) is 39.3 Å². The fourth-order valence-electron chi connectivity index (χ4n) is 6.11. The average Bonchev–Trinajstić information content (AvgIpc) is 3.48. The number of rotatable bonds is 8. The van der Waals surface area contributed by atoms with Gasteiger partial charge >= 0.3 is 0 Å². The number of benzene rings is 2. The number of carbonyl (C=O) groups is 2. The van der Waals surface area contributed by atoms with E-state index in [0.29, 0.717) is 39.1 Å². The zero-order valence-electron chi connectivity index (χ0n) is 21.7. The molecule has 0 radical (unpaired) electrons. The third-order valence-corrected chi connectivity index (χ3v) is 8.24.